The number of rotatable bonds is 39. The molecule has 0 spiro atoms. The number of phosphoric acid groups is 1. The number of carbonyl (C=O) groups is 2. The first-order chi connectivity index (χ1) is 27.3. The van der Waals surface area contributed by atoms with Gasteiger partial charge in [0.25, 0.3) is 0 Å². The van der Waals surface area contributed by atoms with Crippen molar-refractivity contribution in [1.82, 2.24) is 0 Å². The predicted molar refractivity (Wildman–Crippen MR) is 232 cm³/mol. The van der Waals surface area contributed by atoms with Gasteiger partial charge in [0.15, 0.2) is 6.10 Å². The number of carbonyl (C=O) groups excluding carboxylic acids is 2. The number of ether oxygens (including phenoxy) is 2. The maximum atomic E-state index is 12.7. The predicted octanol–water partition coefficient (Wildman–Crippen LogP) is 10.2. The van der Waals surface area contributed by atoms with E-state index in [1.54, 1.807) is 18.2 Å². The Labute approximate surface area is 347 Å². The number of esters is 2. The van der Waals surface area contributed by atoms with E-state index in [2.05, 4.69) is 13.8 Å². The van der Waals surface area contributed by atoms with E-state index < -0.39 is 44.7 Å². The third-order valence-electron chi connectivity index (χ3n) is 9.32. The second kappa shape index (κ2) is 36.9. The van der Waals surface area contributed by atoms with Crippen LogP contribution in [0.3, 0.4) is 0 Å². The molecule has 0 saturated heterocycles. The van der Waals surface area contributed by atoms with Gasteiger partial charge in [0.05, 0.1) is 40.0 Å². The summed E-state index contributed by atoms with van der Waals surface area (Å²) in [6.07, 6.45) is 35.1. The number of phosphoric ester groups is 1. The molecule has 4 atom stereocenters. The molecule has 3 N–H and O–H groups in total. The molecule has 332 valence electrons. The van der Waals surface area contributed by atoms with Crippen molar-refractivity contribution in [1.29, 1.82) is 0 Å². The lowest BCUT2D eigenvalue weighted by atomic mass is 10.0. The number of aliphatic hydroxyl groups is 2. The van der Waals surface area contributed by atoms with Crippen molar-refractivity contribution in [3.8, 4) is 0 Å². The van der Waals surface area contributed by atoms with Gasteiger partial charge in [-0.05, 0) is 32.1 Å². The van der Waals surface area contributed by atoms with Gasteiger partial charge in [-0.1, -0.05) is 165 Å². The first kappa shape index (κ1) is 54.9. The summed E-state index contributed by atoms with van der Waals surface area (Å²) in [6.45, 7) is 4.05. The molecule has 0 radical (unpaired) electrons. The van der Waals surface area contributed by atoms with Crippen molar-refractivity contribution >= 4 is 19.8 Å². The van der Waals surface area contributed by atoms with Gasteiger partial charge in [-0.15, -0.1) is 0 Å². The Morgan fingerprint density at radius 2 is 1.09 bits per heavy atom. The molecule has 0 aromatic rings. The highest BCUT2D eigenvalue weighted by Crippen LogP contribution is 2.43. The summed E-state index contributed by atoms with van der Waals surface area (Å²) in [5.41, 5.74) is 0. The van der Waals surface area contributed by atoms with Gasteiger partial charge >= 0.3 is 19.8 Å². The van der Waals surface area contributed by atoms with Crippen LogP contribution in [0.25, 0.3) is 0 Å². The minimum atomic E-state index is -4.43. The number of unbranched alkanes of at least 4 members (excludes halogenated alkanes) is 15. The van der Waals surface area contributed by atoms with Crippen LogP contribution < -0.4 is 0 Å². The molecule has 1 unspecified atom stereocenters. The quantitative estimate of drug-likeness (QED) is 0.0180. The first-order valence-electron chi connectivity index (χ1n) is 22.1. The van der Waals surface area contributed by atoms with E-state index in [1.165, 1.54) is 64.2 Å². The molecule has 0 heterocycles. The van der Waals surface area contributed by atoms with Gasteiger partial charge in [0, 0.05) is 12.8 Å². The van der Waals surface area contributed by atoms with Gasteiger partial charge in [0.1, 0.15) is 19.8 Å². The van der Waals surface area contributed by atoms with E-state index in [1.807, 2.05) is 51.5 Å². The molecule has 11 nitrogen and oxygen atoms in total. The highest BCUT2D eigenvalue weighted by molar-refractivity contribution is 7.47. The minimum absolute atomic E-state index is 0.00582. The smallest absolute Gasteiger partial charge is 0.462 e. The molecule has 0 aliphatic carbocycles. The summed E-state index contributed by atoms with van der Waals surface area (Å²) in [4.78, 5) is 35.4. The average molecular weight is 829 g/mol. The third-order valence-corrected chi connectivity index (χ3v) is 10.3. The topological polar surface area (TPSA) is 149 Å². The molecule has 0 aliphatic rings. The van der Waals surface area contributed by atoms with E-state index in [0.717, 1.165) is 44.9 Å². The van der Waals surface area contributed by atoms with E-state index >= 15 is 0 Å². The normalized spacial score (nSPS) is 15.2. The van der Waals surface area contributed by atoms with Gasteiger partial charge in [0.2, 0.25) is 0 Å². The third kappa shape index (κ3) is 40.5. The molecule has 0 aromatic heterocycles. The van der Waals surface area contributed by atoms with Gasteiger partial charge in [-0.2, -0.15) is 0 Å². The molecule has 0 bridgehead atoms. The summed E-state index contributed by atoms with van der Waals surface area (Å²) in [5, 5.41) is 20.2. The van der Waals surface area contributed by atoms with Crippen molar-refractivity contribution in [3.05, 3.63) is 48.6 Å². The van der Waals surface area contributed by atoms with Crippen molar-refractivity contribution in [2.75, 3.05) is 47.5 Å². The molecule has 0 saturated carbocycles. The van der Waals surface area contributed by atoms with E-state index in [4.69, 9.17) is 18.5 Å². The maximum Gasteiger partial charge on any atom is 0.472 e. The number of hydrogen-bond acceptors (Lipinski definition) is 9. The molecular weight excluding hydrogens is 745 g/mol. The van der Waals surface area contributed by atoms with E-state index in [0.29, 0.717) is 36.7 Å². The molecule has 0 amide bonds. The van der Waals surface area contributed by atoms with Gasteiger partial charge in [-0.3, -0.25) is 18.6 Å². The standard InChI is InChI=1S/C45H82NO10P/c1-6-8-10-11-12-13-14-15-16-17-18-22-25-29-35-45(50)56-43(40-55-57(51,52)54-38-37-46(3,4)5)39-53-44(49)36-30-34-42(48)33-28-24-21-19-20-23-27-32-41(47)31-26-9-7-2/h20-21,23-24,27-28,32-33,41-43,47-48H,6-19,22,25-26,29-31,34-40H2,1-5H3/p+1/b23-20-,24-21-,32-27+,33-28+/t41-,42-,43+/m0/s1. The fourth-order valence-electron chi connectivity index (χ4n) is 5.76. The summed E-state index contributed by atoms with van der Waals surface area (Å²) in [7, 11) is 1.35. The SMILES string of the molecule is CCCCCCCCCCCCCCCCC(=O)O[C@H](COC(=O)CCC[C@@H](O)/C=C/C=C\C/C=C\C=C\[C@@H](O)CCCCC)COP(=O)(O)OCC[N+](C)(C)C. The fourth-order valence-corrected chi connectivity index (χ4v) is 6.50. The molecule has 0 rings (SSSR count). The first-order valence-corrected chi connectivity index (χ1v) is 23.6. The number of nitrogens with zero attached hydrogens (tertiary/aromatic N) is 1. The molecule has 0 fully saturated rings. The zero-order chi connectivity index (χ0) is 42.5. The monoisotopic (exact) mass is 829 g/mol. The van der Waals surface area contributed by atoms with Crippen LogP contribution in [0.2, 0.25) is 0 Å². The van der Waals surface area contributed by atoms with Crippen LogP contribution in [0.4, 0.5) is 0 Å². The summed E-state index contributed by atoms with van der Waals surface area (Å²) in [6, 6.07) is 0. The zero-order valence-corrected chi connectivity index (χ0v) is 37.4. The van der Waals surface area contributed by atoms with Crippen molar-refractivity contribution < 1.29 is 52.3 Å². The fraction of sp³-hybridized carbons (Fsp3) is 0.778. The Balaban J connectivity index is 4.59. The summed E-state index contributed by atoms with van der Waals surface area (Å²) in [5.74, 6) is -1.03. The Morgan fingerprint density at radius 1 is 0.614 bits per heavy atom. The number of hydrogen-bond donors (Lipinski definition) is 3. The zero-order valence-electron chi connectivity index (χ0n) is 36.5. The maximum absolute atomic E-state index is 12.7. The second-order valence-electron chi connectivity index (χ2n) is 16.1. The van der Waals surface area contributed by atoms with Gasteiger partial charge in [-0.25, -0.2) is 4.57 Å². The highest BCUT2D eigenvalue weighted by Gasteiger charge is 2.27. The Hall–Kier alpha value is -2.11. The van der Waals surface area contributed by atoms with Crippen LogP contribution >= 0.6 is 7.82 Å². The van der Waals surface area contributed by atoms with E-state index in [-0.39, 0.29) is 26.1 Å². The van der Waals surface area contributed by atoms with E-state index in [9.17, 15) is 29.3 Å². The van der Waals surface area contributed by atoms with Crippen molar-refractivity contribution in [3.63, 3.8) is 0 Å². The molecular formula is C45H83NO10P+. The largest absolute Gasteiger partial charge is 0.472 e. The molecule has 0 aromatic carbocycles. The lowest BCUT2D eigenvalue weighted by Gasteiger charge is -2.24. The lowest BCUT2D eigenvalue weighted by molar-refractivity contribution is -0.870. The van der Waals surface area contributed by atoms with Gasteiger partial charge < -0.3 is 29.1 Å². The average Bonchev–Trinajstić information content (AvgIpc) is 3.14. The minimum Gasteiger partial charge on any atom is -0.462 e. The van der Waals surface area contributed by atoms with Crippen LogP contribution in [0.1, 0.15) is 162 Å². The second-order valence-corrected chi connectivity index (χ2v) is 17.6. The van der Waals surface area contributed by atoms with Crippen LogP contribution in [0.5, 0.6) is 0 Å². The summed E-state index contributed by atoms with van der Waals surface area (Å²) < 4.78 is 34.1. The lowest BCUT2D eigenvalue weighted by Crippen LogP contribution is -2.37. The Bertz CT molecular complexity index is 1150. The molecule has 57 heavy (non-hydrogen) atoms. The highest BCUT2D eigenvalue weighted by atomic mass is 31.2. The molecule has 0 aliphatic heterocycles. The van der Waals surface area contributed by atoms with Crippen LogP contribution in [0, 0.1) is 0 Å². The number of likely N-dealkylation sites (N-methyl/N-ethyl adjacent to an activating group) is 1. The van der Waals surface area contributed by atoms with Crippen molar-refractivity contribution in [2.45, 2.75) is 180 Å². The number of allylic oxidation sites excluding steroid dienone is 6. The number of aliphatic hydroxyl groups excluding tert-OH is 2. The number of quaternary nitrogens is 1. The Morgan fingerprint density at radius 3 is 1.61 bits per heavy atom. The van der Waals surface area contributed by atoms with Crippen LogP contribution in [0.15, 0.2) is 48.6 Å². The Kier molecular flexibility index (Phi) is 35.6. The molecule has 12 heteroatoms. The van der Waals surface area contributed by atoms with Crippen LogP contribution in [-0.2, 0) is 32.7 Å². The summed E-state index contributed by atoms with van der Waals surface area (Å²) >= 11 is 0. The van der Waals surface area contributed by atoms with Crippen molar-refractivity contribution in [2.24, 2.45) is 0 Å². The van der Waals surface area contributed by atoms with Crippen LogP contribution in [-0.4, -0.2) is 97.3 Å².